The number of sulfonamides is 1. The van der Waals surface area contributed by atoms with Gasteiger partial charge in [0.15, 0.2) is 0 Å². The average Bonchev–Trinajstić information content (AvgIpc) is 2.61. The Labute approximate surface area is 159 Å². The molecule has 2 aromatic carbocycles. The third-order valence-electron chi connectivity index (χ3n) is 3.86. The minimum absolute atomic E-state index is 0.0113. The summed E-state index contributed by atoms with van der Waals surface area (Å²) in [4.78, 5) is 11.7. The first-order valence-electron chi connectivity index (χ1n) is 8.19. The molecule has 140 valence electrons. The van der Waals surface area contributed by atoms with Gasteiger partial charge in [0, 0.05) is 6.04 Å². The largest absolute Gasteiger partial charge is 0.465 e. The molecule has 0 saturated heterocycles. The highest BCUT2D eigenvalue weighted by Gasteiger charge is 2.24. The summed E-state index contributed by atoms with van der Waals surface area (Å²) in [5.74, 6) is -0.396. The first-order valence-corrected chi connectivity index (χ1v) is 10.1. The molecule has 0 bridgehead atoms. The van der Waals surface area contributed by atoms with E-state index in [0.29, 0.717) is 12.3 Å². The Morgan fingerprint density at radius 1 is 1.15 bits per heavy atom. The van der Waals surface area contributed by atoms with Gasteiger partial charge in [0.25, 0.3) is 0 Å². The monoisotopic (exact) mass is 395 g/mol. The molecule has 0 unspecified atom stereocenters. The van der Waals surface area contributed by atoms with Gasteiger partial charge in [0.2, 0.25) is 10.0 Å². The number of ether oxygens (including phenoxy) is 1. The van der Waals surface area contributed by atoms with Crippen LogP contribution in [0.15, 0.2) is 53.4 Å². The maximum Gasteiger partial charge on any atom is 0.339 e. The lowest BCUT2D eigenvalue weighted by molar-refractivity contribution is 0.0600. The van der Waals surface area contributed by atoms with E-state index in [1.165, 1.54) is 25.3 Å². The number of carbonyl (C=O) groups is 1. The Morgan fingerprint density at radius 3 is 2.38 bits per heavy atom. The van der Waals surface area contributed by atoms with Crippen molar-refractivity contribution in [3.63, 3.8) is 0 Å². The Bertz CT molecular complexity index is 866. The van der Waals surface area contributed by atoms with E-state index in [1.54, 1.807) is 0 Å². The lowest BCUT2D eigenvalue weighted by atomic mass is 9.98. The molecule has 0 radical (unpaired) electrons. The second-order valence-electron chi connectivity index (χ2n) is 6.35. The Balaban J connectivity index is 2.38. The van der Waals surface area contributed by atoms with Gasteiger partial charge < -0.3 is 4.74 Å². The van der Waals surface area contributed by atoms with E-state index in [1.807, 2.05) is 44.2 Å². The van der Waals surface area contributed by atoms with E-state index in [4.69, 9.17) is 11.6 Å². The van der Waals surface area contributed by atoms with Crippen molar-refractivity contribution in [2.24, 2.45) is 5.92 Å². The molecule has 0 aromatic heterocycles. The van der Waals surface area contributed by atoms with E-state index in [0.717, 1.165) is 5.56 Å². The summed E-state index contributed by atoms with van der Waals surface area (Å²) in [5.41, 5.74) is 0.893. The summed E-state index contributed by atoms with van der Waals surface area (Å²) in [6.45, 7) is 4.06. The van der Waals surface area contributed by atoms with E-state index in [9.17, 15) is 13.2 Å². The number of rotatable bonds is 7. The first kappa shape index (κ1) is 20.4. The van der Waals surface area contributed by atoms with Gasteiger partial charge in [-0.05, 0) is 36.1 Å². The fraction of sp³-hybridized carbons (Fsp3) is 0.316. The molecule has 0 fully saturated rings. The molecule has 26 heavy (non-hydrogen) atoms. The lowest BCUT2D eigenvalue weighted by Crippen LogP contribution is -2.29. The fourth-order valence-corrected chi connectivity index (χ4v) is 4.06. The van der Waals surface area contributed by atoms with E-state index in [2.05, 4.69) is 9.46 Å². The van der Waals surface area contributed by atoms with Crippen molar-refractivity contribution in [2.45, 2.75) is 31.2 Å². The van der Waals surface area contributed by atoms with E-state index in [-0.39, 0.29) is 21.5 Å². The van der Waals surface area contributed by atoms with Gasteiger partial charge in [0.05, 0.1) is 22.6 Å². The van der Waals surface area contributed by atoms with Crippen molar-refractivity contribution >= 4 is 27.6 Å². The highest BCUT2D eigenvalue weighted by molar-refractivity contribution is 7.89. The molecule has 0 spiro atoms. The van der Waals surface area contributed by atoms with Crippen LogP contribution >= 0.6 is 11.6 Å². The summed E-state index contributed by atoms with van der Waals surface area (Å²) in [7, 11) is -2.64. The topological polar surface area (TPSA) is 72.5 Å². The normalized spacial score (nSPS) is 12.8. The van der Waals surface area contributed by atoms with Crippen LogP contribution in [0.3, 0.4) is 0 Å². The highest BCUT2D eigenvalue weighted by Crippen LogP contribution is 2.26. The molecule has 7 heteroatoms. The fourth-order valence-electron chi connectivity index (χ4n) is 2.60. The smallest absolute Gasteiger partial charge is 0.339 e. The third-order valence-corrected chi connectivity index (χ3v) is 5.66. The van der Waals surface area contributed by atoms with Crippen molar-refractivity contribution in [1.82, 2.24) is 4.72 Å². The van der Waals surface area contributed by atoms with Gasteiger partial charge >= 0.3 is 5.97 Å². The minimum atomic E-state index is -3.85. The zero-order chi connectivity index (χ0) is 19.3. The molecular formula is C19H22ClNO4S. The third kappa shape index (κ3) is 5.06. The van der Waals surface area contributed by atoms with Crippen LogP contribution in [0.4, 0.5) is 0 Å². The second kappa shape index (κ2) is 8.66. The highest BCUT2D eigenvalue weighted by atomic mass is 35.5. The first-order chi connectivity index (χ1) is 12.2. The zero-order valence-electron chi connectivity index (χ0n) is 14.9. The van der Waals surface area contributed by atoms with Crippen LogP contribution in [0.25, 0.3) is 0 Å². The predicted octanol–water partition coefficient (Wildman–Crippen LogP) is 4.19. The SMILES string of the molecule is COC(=O)c1cc(S(=O)(=O)N[C@@H](CC(C)C)c2ccccc2)ccc1Cl. The van der Waals surface area contributed by atoms with Gasteiger partial charge in [-0.2, -0.15) is 0 Å². The second-order valence-corrected chi connectivity index (χ2v) is 8.47. The average molecular weight is 396 g/mol. The number of halogens is 1. The molecule has 0 aliphatic rings. The molecule has 0 aliphatic heterocycles. The van der Waals surface area contributed by atoms with Crippen molar-refractivity contribution < 1.29 is 17.9 Å². The quantitative estimate of drug-likeness (QED) is 0.713. The Morgan fingerprint density at radius 2 is 1.81 bits per heavy atom. The van der Waals surface area contributed by atoms with Crippen molar-refractivity contribution in [1.29, 1.82) is 0 Å². The summed E-state index contributed by atoms with van der Waals surface area (Å²) >= 11 is 5.97. The lowest BCUT2D eigenvalue weighted by Gasteiger charge is -2.21. The van der Waals surface area contributed by atoms with Crippen LogP contribution in [0.1, 0.15) is 42.2 Å². The Hall–Kier alpha value is -1.89. The maximum absolute atomic E-state index is 12.9. The molecular weight excluding hydrogens is 374 g/mol. The summed E-state index contributed by atoms with van der Waals surface area (Å²) in [5, 5.41) is 0.137. The number of hydrogen-bond acceptors (Lipinski definition) is 4. The molecule has 2 rings (SSSR count). The molecule has 1 N–H and O–H groups in total. The van der Waals surface area contributed by atoms with E-state index < -0.39 is 16.0 Å². The number of nitrogens with one attached hydrogen (secondary N) is 1. The number of methoxy groups -OCH3 is 1. The van der Waals surface area contributed by atoms with Crippen molar-refractivity contribution in [2.75, 3.05) is 7.11 Å². The van der Waals surface area contributed by atoms with Crippen LogP contribution in [0, 0.1) is 5.92 Å². The van der Waals surface area contributed by atoms with Crippen LogP contribution in [0.5, 0.6) is 0 Å². The van der Waals surface area contributed by atoms with Crippen LogP contribution < -0.4 is 4.72 Å². The van der Waals surface area contributed by atoms with Gasteiger partial charge in [0.1, 0.15) is 0 Å². The number of benzene rings is 2. The molecule has 2 aromatic rings. The van der Waals surface area contributed by atoms with Crippen molar-refractivity contribution in [3.05, 3.63) is 64.7 Å². The summed E-state index contributed by atoms with van der Waals surface area (Å²) in [6, 6.07) is 13.0. The van der Waals surface area contributed by atoms with Gasteiger partial charge in [-0.25, -0.2) is 17.9 Å². The number of carbonyl (C=O) groups excluding carboxylic acids is 1. The molecule has 5 nitrogen and oxygen atoms in total. The summed E-state index contributed by atoms with van der Waals surface area (Å²) in [6.07, 6.45) is 0.640. The minimum Gasteiger partial charge on any atom is -0.465 e. The molecule has 1 atom stereocenters. The number of esters is 1. The standard InChI is InChI=1S/C19H22ClNO4S/c1-13(2)11-18(14-7-5-4-6-8-14)21-26(23,24)15-9-10-17(20)16(12-15)19(22)25-3/h4-10,12-13,18,21H,11H2,1-3H3/t18-/m0/s1. The van der Waals surface area contributed by atoms with Crippen LogP contribution in [0.2, 0.25) is 5.02 Å². The molecule has 0 saturated carbocycles. The maximum atomic E-state index is 12.9. The summed E-state index contributed by atoms with van der Waals surface area (Å²) < 4.78 is 33.1. The van der Waals surface area contributed by atoms with E-state index >= 15 is 0 Å². The molecule has 0 heterocycles. The molecule has 0 aliphatic carbocycles. The Kier molecular flexibility index (Phi) is 6.81. The van der Waals surface area contributed by atoms with Crippen LogP contribution in [-0.4, -0.2) is 21.5 Å². The van der Waals surface area contributed by atoms with Gasteiger partial charge in [-0.15, -0.1) is 0 Å². The predicted molar refractivity (Wildman–Crippen MR) is 102 cm³/mol. The number of hydrogen-bond donors (Lipinski definition) is 1. The zero-order valence-corrected chi connectivity index (χ0v) is 16.5. The van der Waals surface area contributed by atoms with Gasteiger partial charge in [-0.1, -0.05) is 55.8 Å². The van der Waals surface area contributed by atoms with Gasteiger partial charge in [-0.3, -0.25) is 0 Å². The van der Waals surface area contributed by atoms with Crippen molar-refractivity contribution in [3.8, 4) is 0 Å². The molecule has 0 amide bonds. The van der Waals surface area contributed by atoms with Crippen LogP contribution in [-0.2, 0) is 14.8 Å².